The zero-order valence-corrected chi connectivity index (χ0v) is 23.7. The van der Waals surface area contributed by atoms with E-state index in [-0.39, 0.29) is 35.9 Å². The van der Waals surface area contributed by atoms with Crippen LogP contribution in [0.1, 0.15) is 73.8 Å². The van der Waals surface area contributed by atoms with Crippen molar-refractivity contribution in [1.82, 2.24) is 19.9 Å². The van der Waals surface area contributed by atoms with Crippen LogP contribution >= 0.6 is 0 Å². The maximum Gasteiger partial charge on any atom is 0.308 e. The smallest absolute Gasteiger partial charge is 0.308 e. The molecule has 0 saturated heterocycles. The second-order valence-corrected chi connectivity index (χ2v) is 10.3. The Morgan fingerprint density at radius 1 is 1.08 bits per heavy atom. The first-order valence-electron chi connectivity index (χ1n) is 13.2. The molecular formula is C30H37FN4O4. The van der Waals surface area contributed by atoms with Crippen molar-refractivity contribution in [3.8, 4) is 11.4 Å². The third-order valence-corrected chi connectivity index (χ3v) is 6.51. The van der Waals surface area contributed by atoms with E-state index < -0.39 is 29.8 Å². The van der Waals surface area contributed by atoms with Crippen molar-refractivity contribution < 1.29 is 18.7 Å². The average molecular weight is 537 g/mol. The molecule has 8 nitrogen and oxygen atoms in total. The van der Waals surface area contributed by atoms with Crippen molar-refractivity contribution in [3.05, 3.63) is 80.8 Å². The summed E-state index contributed by atoms with van der Waals surface area (Å²) in [7, 11) is 0. The molecular weight excluding hydrogens is 499 g/mol. The lowest BCUT2D eigenvalue weighted by Gasteiger charge is -2.25. The minimum Gasteiger partial charge on any atom is -0.466 e. The second kappa shape index (κ2) is 12.8. The number of ether oxygens (including phenoxy) is 1. The number of halogens is 1. The summed E-state index contributed by atoms with van der Waals surface area (Å²) in [6.07, 6.45) is 1.61. The van der Waals surface area contributed by atoms with Crippen molar-refractivity contribution in [2.75, 3.05) is 6.61 Å². The standard InChI is InChI=1S/C30H37FN4O4/c1-8-39-25(37)16-22(33-30(38)23(14-17(2)3)35-13-12-18(4)15-24(35)36)28-27(31)21(7)32-29(34-28)26-19(5)10-9-11-20(26)6/h9-13,15,17,22-23H,8,14,16H2,1-7H3,(H,33,38). The first-order chi connectivity index (χ1) is 18.4. The zero-order chi connectivity index (χ0) is 28.9. The van der Waals surface area contributed by atoms with Gasteiger partial charge in [0.1, 0.15) is 11.7 Å². The summed E-state index contributed by atoms with van der Waals surface area (Å²) in [5, 5.41) is 2.81. The lowest BCUT2D eigenvalue weighted by atomic mass is 10.00. The summed E-state index contributed by atoms with van der Waals surface area (Å²) in [5.74, 6) is -1.47. The highest BCUT2D eigenvalue weighted by Crippen LogP contribution is 2.29. The highest BCUT2D eigenvalue weighted by atomic mass is 19.1. The van der Waals surface area contributed by atoms with E-state index in [4.69, 9.17) is 4.74 Å². The Morgan fingerprint density at radius 2 is 1.74 bits per heavy atom. The van der Waals surface area contributed by atoms with Gasteiger partial charge in [-0.3, -0.25) is 14.4 Å². The molecule has 0 fully saturated rings. The van der Waals surface area contributed by atoms with E-state index in [1.807, 2.05) is 45.9 Å². The monoisotopic (exact) mass is 536 g/mol. The van der Waals surface area contributed by atoms with Gasteiger partial charge in [0, 0.05) is 17.8 Å². The number of rotatable bonds is 10. The topological polar surface area (TPSA) is 103 Å². The van der Waals surface area contributed by atoms with Crippen molar-refractivity contribution in [2.45, 2.75) is 73.4 Å². The maximum absolute atomic E-state index is 15.6. The Hall–Kier alpha value is -3.88. The minimum absolute atomic E-state index is 0.0751. The molecule has 0 aliphatic rings. The van der Waals surface area contributed by atoms with Crippen LogP contribution in [0.5, 0.6) is 0 Å². The molecule has 39 heavy (non-hydrogen) atoms. The van der Waals surface area contributed by atoms with Crippen LogP contribution in [0.2, 0.25) is 0 Å². The number of carbonyl (C=O) groups excluding carboxylic acids is 2. The molecule has 1 amide bonds. The molecule has 1 N–H and O–H groups in total. The molecule has 0 saturated carbocycles. The van der Waals surface area contributed by atoms with Crippen LogP contribution in [0, 0.1) is 39.4 Å². The molecule has 2 aromatic heterocycles. The molecule has 0 bridgehead atoms. The molecule has 3 rings (SSSR count). The zero-order valence-electron chi connectivity index (χ0n) is 23.7. The molecule has 0 radical (unpaired) electrons. The molecule has 0 aliphatic carbocycles. The van der Waals surface area contributed by atoms with Gasteiger partial charge in [-0.25, -0.2) is 14.4 Å². The number of pyridine rings is 1. The Bertz CT molecular complexity index is 1400. The molecule has 208 valence electrons. The number of hydrogen-bond donors (Lipinski definition) is 1. The molecule has 2 heterocycles. The van der Waals surface area contributed by atoms with E-state index in [9.17, 15) is 14.4 Å². The predicted octanol–water partition coefficient (Wildman–Crippen LogP) is 5.08. The maximum atomic E-state index is 15.6. The number of carbonyl (C=O) groups is 2. The highest BCUT2D eigenvalue weighted by molar-refractivity contribution is 5.81. The highest BCUT2D eigenvalue weighted by Gasteiger charge is 2.30. The summed E-state index contributed by atoms with van der Waals surface area (Å²) in [6.45, 7) is 12.8. The van der Waals surface area contributed by atoms with Gasteiger partial charge in [-0.1, -0.05) is 32.0 Å². The Morgan fingerprint density at radius 3 is 2.33 bits per heavy atom. The molecule has 2 unspecified atom stereocenters. The molecule has 1 aromatic carbocycles. The quantitative estimate of drug-likeness (QED) is 0.363. The molecule has 9 heteroatoms. The van der Waals surface area contributed by atoms with Crippen LogP contribution in [-0.4, -0.2) is 33.0 Å². The summed E-state index contributed by atoms with van der Waals surface area (Å²) >= 11 is 0. The first kappa shape index (κ1) is 29.7. The number of hydrogen-bond acceptors (Lipinski definition) is 6. The molecule has 2 atom stereocenters. The fourth-order valence-corrected chi connectivity index (χ4v) is 4.60. The van der Waals surface area contributed by atoms with Gasteiger partial charge in [0.2, 0.25) is 5.91 Å². The van der Waals surface area contributed by atoms with Crippen LogP contribution < -0.4 is 10.9 Å². The first-order valence-corrected chi connectivity index (χ1v) is 13.2. The van der Waals surface area contributed by atoms with Gasteiger partial charge in [-0.2, -0.15) is 0 Å². The van der Waals surface area contributed by atoms with Gasteiger partial charge >= 0.3 is 5.97 Å². The number of nitrogens with zero attached hydrogens (tertiary/aromatic N) is 3. The van der Waals surface area contributed by atoms with Gasteiger partial charge < -0.3 is 14.6 Å². The summed E-state index contributed by atoms with van der Waals surface area (Å²) < 4.78 is 22.1. The number of aromatic nitrogens is 3. The van der Waals surface area contributed by atoms with Crippen molar-refractivity contribution in [1.29, 1.82) is 0 Å². The third kappa shape index (κ3) is 7.16. The number of benzene rings is 1. The number of aryl methyl sites for hydroxylation is 4. The van der Waals surface area contributed by atoms with Gasteiger partial charge in [-0.05, 0) is 69.7 Å². The fourth-order valence-electron chi connectivity index (χ4n) is 4.60. The van der Waals surface area contributed by atoms with Crippen LogP contribution in [0.4, 0.5) is 4.39 Å². The third-order valence-electron chi connectivity index (χ3n) is 6.51. The minimum atomic E-state index is -1.14. The Kier molecular flexibility index (Phi) is 9.72. The lowest BCUT2D eigenvalue weighted by Crippen LogP contribution is -2.40. The van der Waals surface area contributed by atoms with Gasteiger partial charge in [-0.15, -0.1) is 0 Å². The lowest BCUT2D eigenvalue weighted by molar-refractivity contribution is -0.144. The van der Waals surface area contributed by atoms with E-state index in [1.165, 1.54) is 17.6 Å². The summed E-state index contributed by atoms with van der Waals surface area (Å²) in [4.78, 5) is 48.0. The van der Waals surface area contributed by atoms with Crippen LogP contribution in [-0.2, 0) is 14.3 Å². The molecule has 0 aliphatic heterocycles. The SMILES string of the molecule is CCOC(=O)CC(NC(=O)C(CC(C)C)n1ccc(C)cc1=O)c1nc(-c2c(C)cccc2C)nc(C)c1F. The predicted molar refractivity (Wildman–Crippen MR) is 148 cm³/mol. The van der Waals surface area contributed by atoms with E-state index in [0.717, 1.165) is 22.3 Å². The van der Waals surface area contributed by atoms with E-state index in [1.54, 1.807) is 26.1 Å². The van der Waals surface area contributed by atoms with Gasteiger partial charge in [0.15, 0.2) is 11.6 Å². The Labute approximate surface area is 228 Å². The van der Waals surface area contributed by atoms with Crippen molar-refractivity contribution in [2.24, 2.45) is 5.92 Å². The molecule has 0 spiro atoms. The van der Waals surface area contributed by atoms with Gasteiger partial charge in [0.05, 0.1) is 24.8 Å². The average Bonchev–Trinajstić information content (AvgIpc) is 2.84. The largest absolute Gasteiger partial charge is 0.466 e. The van der Waals surface area contributed by atoms with Gasteiger partial charge in [0.25, 0.3) is 5.56 Å². The van der Waals surface area contributed by atoms with E-state index in [0.29, 0.717) is 12.2 Å². The van der Waals surface area contributed by atoms with Crippen molar-refractivity contribution in [3.63, 3.8) is 0 Å². The van der Waals surface area contributed by atoms with E-state index in [2.05, 4.69) is 15.3 Å². The number of esters is 1. The summed E-state index contributed by atoms with van der Waals surface area (Å²) in [6, 6.07) is 6.94. The Balaban J connectivity index is 2.11. The number of nitrogens with one attached hydrogen (secondary N) is 1. The summed E-state index contributed by atoms with van der Waals surface area (Å²) in [5.41, 5.74) is 3.02. The second-order valence-electron chi connectivity index (χ2n) is 10.3. The van der Waals surface area contributed by atoms with E-state index >= 15 is 4.39 Å². The number of amides is 1. The normalized spacial score (nSPS) is 12.7. The van der Waals surface area contributed by atoms with Crippen LogP contribution in [0.15, 0.2) is 41.3 Å². The fraction of sp³-hybridized carbons (Fsp3) is 0.433. The van der Waals surface area contributed by atoms with Crippen molar-refractivity contribution >= 4 is 11.9 Å². The molecule has 3 aromatic rings. The van der Waals surface area contributed by atoms with Crippen LogP contribution in [0.3, 0.4) is 0 Å². The van der Waals surface area contributed by atoms with Crippen LogP contribution in [0.25, 0.3) is 11.4 Å².